The summed E-state index contributed by atoms with van der Waals surface area (Å²) in [5, 5.41) is 9.24. The lowest BCUT2D eigenvalue weighted by Gasteiger charge is -2.17. The van der Waals surface area contributed by atoms with Crippen LogP contribution in [-0.2, 0) is 4.79 Å². The number of aliphatic hydroxyl groups is 1. The standard InChI is InChI=1S/C12H17NO2/c1-13(2)12(15)8-11(9-14)10-6-4-3-5-7-10/h3-7,11,14H,8-9H2,1-2H3/t11-/m0/s1. The molecule has 1 aromatic carbocycles. The van der Waals surface area contributed by atoms with Crippen LogP contribution in [0.5, 0.6) is 0 Å². The number of aliphatic hydroxyl groups excluding tert-OH is 1. The fourth-order valence-corrected chi connectivity index (χ4v) is 1.41. The molecule has 0 bridgehead atoms. The molecule has 0 spiro atoms. The lowest BCUT2D eigenvalue weighted by molar-refractivity contribution is -0.129. The second kappa shape index (κ2) is 5.51. The number of carbonyl (C=O) groups excluding carboxylic acids is 1. The highest BCUT2D eigenvalue weighted by Crippen LogP contribution is 2.19. The van der Waals surface area contributed by atoms with Crippen molar-refractivity contribution in [1.82, 2.24) is 4.90 Å². The first-order valence-corrected chi connectivity index (χ1v) is 5.01. The zero-order valence-corrected chi connectivity index (χ0v) is 9.18. The summed E-state index contributed by atoms with van der Waals surface area (Å²) in [5.74, 6) is -0.0565. The number of amides is 1. The van der Waals surface area contributed by atoms with E-state index in [1.54, 1.807) is 19.0 Å². The van der Waals surface area contributed by atoms with Crippen LogP contribution in [0.2, 0.25) is 0 Å². The van der Waals surface area contributed by atoms with Gasteiger partial charge in [-0.3, -0.25) is 4.79 Å². The molecule has 0 unspecified atom stereocenters. The van der Waals surface area contributed by atoms with Crippen LogP contribution >= 0.6 is 0 Å². The number of hydrogen-bond acceptors (Lipinski definition) is 2. The highest BCUT2D eigenvalue weighted by molar-refractivity contribution is 5.76. The first-order chi connectivity index (χ1) is 7.15. The molecular weight excluding hydrogens is 190 g/mol. The van der Waals surface area contributed by atoms with Crippen molar-refractivity contribution >= 4 is 5.91 Å². The summed E-state index contributed by atoms with van der Waals surface area (Å²) in [7, 11) is 3.45. The van der Waals surface area contributed by atoms with Gasteiger partial charge in [-0.2, -0.15) is 0 Å². The molecule has 1 rings (SSSR count). The molecule has 0 radical (unpaired) electrons. The van der Waals surface area contributed by atoms with Gasteiger partial charge >= 0.3 is 0 Å². The number of benzene rings is 1. The van der Waals surface area contributed by atoms with Gasteiger partial charge in [0, 0.05) is 26.4 Å². The molecule has 15 heavy (non-hydrogen) atoms. The number of nitrogens with zero attached hydrogens (tertiary/aromatic N) is 1. The van der Waals surface area contributed by atoms with Gasteiger partial charge in [0.15, 0.2) is 0 Å². The van der Waals surface area contributed by atoms with Crippen molar-refractivity contribution in [3.63, 3.8) is 0 Å². The summed E-state index contributed by atoms with van der Waals surface area (Å²) >= 11 is 0. The summed E-state index contributed by atoms with van der Waals surface area (Å²) in [6, 6.07) is 9.62. The van der Waals surface area contributed by atoms with Gasteiger partial charge in [0.05, 0.1) is 6.61 Å². The molecule has 82 valence electrons. The fraction of sp³-hybridized carbons (Fsp3) is 0.417. The van der Waals surface area contributed by atoms with Crippen molar-refractivity contribution in [2.45, 2.75) is 12.3 Å². The predicted molar refractivity (Wildman–Crippen MR) is 59.6 cm³/mol. The number of hydrogen-bond donors (Lipinski definition) is 1. The topological polar surface area (TPSA) is 40.5 Å². The van der Waals surface area contributed by atoms with Crippen LogP contribution in [-0.4, -0.2) is 36.6 Å². The van der Waals surface area contributed by atoms with Gasteiger partial charge in [-0.15, -0.1) is 0 Å². The Morgan fingerprint density at radius 1 is 1.33 bits per heavy atom. The van der Waals surface area contributed by atoms with Gasteiger partial charge < -0.3 is 10.0 Å². The third kappa shape index (κ3) is 3.36. The third-order valence-corrected chi connectivity index (χ3v) is 2.41. The lowest BCUT2D eigenvalue weighted by Crippen LogP contribution is -2.24. The number of carbonyl (C=O) groups is 1. The van der Waals surface area contributed by atoms with Crippen molar-refractivity contribution in [3.05, 3.63) is 35.9 Å². The van der Waals surface area contributed by atoms with Gasteiger partial charge in [0.2, 0.25) is 5.91 Å². The zero-order valence-electron chi connectivity index (χ0n) is 9.18. The normalized spacial score (nSPS) is 12.2. The Morgan fingerprint density at radius 3 is 2.40 bits per heavy atom. The quantitative estimate of drug-likeness (QED) is 0.807. The maximum absolute atomic E-state index is 11.5. The Balaban J connectivity index is 2.69. The minimum atomic E-state index is -0.0962. The fourth-order valence-electron chi connectivity index (χ4n) is 1.41. The molecule has 1 atom stereocenters. The molecule has 1 N–H and O–H groups in total. The van der Waals surface area contributed by atoms with E-state index in [1.165, 1.54) is 0 Å². The smallest absolute Gasteiger partial charge is 0.222 e. The van der Waals surface area contributed by atoms with E-state index >= 15 is 0 Å². The molecule has 0 aliphatic rings. The van der Waals surface area contributed by atoms with Gasteiger partial charge in [0.25, 0.3) is 0 Å². The number of rotatable bonds is 4. The Bertz CT molecular complexity index is 309. The van der Waals surface area contributed by atoms with Crippen molar-refractivity contribution in [2.24, 2.45) is 0 Å². The Labute approximate surface area is 90.3 Å². The summed E-state index contributed by atoms with van der Waals surface area (Å²) in [5.41, 5.74) is 1.01. The van der Waals surface area contributed by atoms with Crippen LogP contribution in [0.25, 0.3) is 0 Å². The first-order valence-electron chi connectivity index (χ1n) is 5.01. The summed E-state index contributed by atoms with van der Waals surface area (Å²) < 4.78 is 0. The molecule has 0 aliphatic heterocycles. The van der Waals surface area contributed by atoms with E-state index in [9.17, 15) is 9.90 Å². The average molecular weight is 207 g/mol. The van der Waals surface area contributed by atoms with Crippen molar-refractivity contribution in [3.8, 4) is 0 Å². The second-order valence-corrected chi connectivity index (χ2v) is 3.78. The Hall–Kier alpha value is -1.35. The van der Waals surface area contributed by atoms with E-state index in [2.05, 4.69) is 0 Å². The third-order valence-electron chi connectivity index (χ3n) is 2.41. The van der Waals surface area contributed by atoms with Crippen molar-refractivity contribution < 1.29 is 9.90 Å². The lowest BCUT2D eigenvalue weighted by atomic mass is 9.96. The molecule has 0 saturated carbocycles. The minimum Gasteiger partial charge on any atom is -0.396 e. The van der Waals surface area contributed by atoms with Crippen molar-refractivity contribution in [1.29, 1.82) is 0 Å². The van der Waals surface area contributed by atoms with E-state index in [1.807, 2.05) is 30.3 Å². The highest BCUT2D eigenvalue weighted by Gasteiger charge is 2.15. The van der Waals surface area contributed by atoms with Gasteiger partial charge in [-0.25, -0.2) is 0 Å². The van der Waals surface area contributed by atoms with E-state index in [4.69, 9.17) is 0 Å². The maximum Gasteiger partial charge on any atom is 0.222 e. The van der Waals surface area contributed by atoms with E-state index in [0.29, 0.717) is 6.42 Å². The molecule has 0 heterocycles. The zero-order chi connectivity index (χ0) is 11.3. The molecule has 0 fully saturated rings. The van der Waals surface area contributed by atoms with E-state index in [0.717, 1.165) is 5.56 Å². The van der Waals surface area contributed by atoms with E-state index < -0.39 is 0 Å². The summed E-state index contributed by atoms with van der Waals surface area (Å²) in [4.78, 5) is 13.0. The summed E-state index contributed by atoms with van der Waals surface area (Å²) in [6.07, 6.45) is 0.355. The van der Waals surface area contributed by atoms with Gasteiger partial charge in [0.1, 0.15) is 0 Å². The molecule has 0 saturated heterocycles. The molecular formula is C12H17NO2. The highest BCUT2D eigenvalue weighted by atomic mass is 16.3. The molecule has 0 aromatic heterocycles. The van der Waals surface area contributed by atoms with Crippen LogP contribution in [0.4, 0.5) is 0 Å². The van der Waals surface area contributed by atoms with Crippen LogP contribution in [0.3, 0.4) is 0 Å². The molecule has 3 heteroatoms. The molecule has 1 aromatic rings. The predicted octanol–water partition coefficient (Wildman–Crippen LogP) is 1.24. The molecule has 3 nitrogen and oxygen atoms in total. The first kappa shape index (κ1) is 11.7. The van der Waals surface area contributed by atoms with Crippen LogP contribution in [0, 0.1) is 0 Å². The largest absolute Gasteiger partial charge is 0.396 e. The summed E-state index contributed by atoms with van der Waals surface area (Å²) in [6.45, 7) is 0.00356. The molecule has 1 amide bonds. The SMILES string of the molecule is CN(C)C(=O)C[C@@H](CO)c1ccccc1. The van der Waals surface area contributed by atoms with Gasteiger partial charge in [-0.05, 0) is 5.56 Å². The average Bonchev–Trinajstić information content (AvgIpc) is 2.26. The van der Waals surface area contributed by atoms with Crippen LogP contribution in [0.15, 0.2) is 30.3 Å². The monoisotopic (exact) mass is 207 g/mol. The van der Waals surface area contributed by atoms with Gasteiger partial charge in [-0.1, -0.05) is 30.3 Å². The van der Waals surface area contributed by atoms with Crippen LogP contribution < -0.4 is 0 Å². The Kier molecular flexibility index (Phi) is 4.31. The second-order valence-electron chi connectivity index (χ2n) is 3.78. The Morgan fingerprint density at radius 2 is 1.93 bits per heavy atom. The maximum atomic E-state index is 11.5. The van der Waals surface area contributed by atoms with Crippen LogP contribution in [0.1, 0.15) is 17.9 Å². The molecule has 0 aliphatic carbocycles. The van der Waals surface area contributed by atoms with Crippen molar-refractivity contribution in [2.75, 3.05) is 20.7 Å². The minimum absolute atomic E-state index is 0.00356. The van der Waals surface area contributed by atoms with E-state index in [-0.39, 0.29) is 18.4 Å².